The maximum Gasteiger partial charge on any atom is 0.251 e. The average molecular weight is 364 g/mol. The van der Waals surface area contributed by atoms with Crippen LogP contribution in [0.2, 0.25) is 0 Å². The molecule has 27 heavy (non-hydrogen) atoms. The summed E-state index contributed by atoms with van der Waals surface area (Å²) in [6.45, 7) is 4.71. The number of amides is 1. The Labute approximate surface area is 157 Å². The maximum absolute atomic E-state index is 13.4. The standard InChI is InChI=1S/C21H21FN4O/c1-14(2)13-24-21(27)16-6-4-8-18(12-16)25-19-9-10-23-20(26-19)15-5-3-7-17(22)11-15/h3-12,14H,13H2,1-2H3,(H,24,27)(H,23,25,26). The Morgan fingerprint density at radius 3 is 2.70 bits per heavy atom. The van der Waals surface area contributed by atoms with Crippen molar-refractivity contribution >= 4 is 17.4 Å². The second-order valence-corrected chi connectivity index (χ2v) is 6.59. The largest absolute Gasteiger partial charge is 0.352 e. The summed E-state index contributed by atoms with van der Waals surface area (Å²) in [7, 11) is 0. The zero-order valence-electron chi connectivity index (χ0n) is 15.2. The number of nitrogens with one attached hydrogen (secondary N) is 2. The van der Waals surface area contributed by atoms with Crippen molar-refractivity contribution in [1.82, 2.24) is 15.3 Å². The van der Waals surface area contributed by atoms with Gasteiger partial charge in [0.2, 0.25) is 0 Å². The Kier molecular flexibility index (Phi) is 5.76. The molecule has 0 radical (unpaired) electrons. The summed E-state index contributed by atoms with van der Waals surface area (Å²) in [6.07, 6.45) is 1.61. The monoisotopic (exact) mass is 364 g/mol. The number of anilines is 2. The van der Waals surface area contributed by atoms with Crippen molar-refractivity contribution in [3.8, 4) is 11.4 Å². The average Bonchev–Trinajstić information content (AvgIpc) is 2.66. The summed E-state index contributed by atoms with van der Waals surface area (Å²) < 4.78 is 13.4. The van der Waals surface area contributed by atoms with Crippen LogP contribution in [0.4, 0.5) is 15.9 Å². The van der Waals surface area contributed by atoms with Gasteiger partial charge in [-0.3, -0.25) is 4.79 Å². The summed E-state index contributed by atoms with van der Waals surface area (Å²) in [5.41, 5.74) is 1.90. The van der Waals surface area contributed by atoms with Gasteiger partial charge in [0.05, 0.1) is 0 Å². The van der Waals surface area contributed by atoms with Crippen LogP contribution < -0.4 is 10.6 Å². The molecular formula is C21H21FN4O. The van der Waals surface area contributed by atoms with Crippen LogP contribution in [0, 0.1) is 11.7 Å². The summed E-state index contributed by atoms with van der Waals surface area (Å²) in [6, 6.07) is 15.0. The van der Waals surface area contributed by atoms with Crippen molar-refractivity contribution in [3.63, 3.8) is 0 Å². The van der Waals surface area contributed by atoms with Crippen LogP contribution in [-0.4, -0.2) is 22.4 Å². The first-order valence-electron chi connectivity index (χ1n) is 8.75. The minimum atomic E-state index is -0.338. The molecule has 0 saturated carbocycles. The highest BCUT2D eigenvalue weighted by atomic mass is 19.1. The van der Waals surface area contributed by atoms with Crippen LogP contribution in [-0.2, 0) is 0 Å². The lowest BCUT2D eigenvalue weighted by atomic mass is 10.1. The van der Waals surface area contributed by atoms with E-state index in [0.717, 1.165) is 5.69 Å². The van der Waals surface area contributed by atoms with Crippen molar-refractivity contribution in [2.45, 2.75) is 13.8 Å². The van der Waals surface area contributed by atoms with Crippen LogP contribution in [0.3, 0.4) is 0 Å². The molecule has 0 saturated heterocycles. The molecule has 1 amide bonds. The fraction of sp³-hybridized carbons (Fsp3) is 0.190. The highest BCUT2D eigenvalue weighted by molar-refractivity contribution is 5.95. The Balaban J connectivity index is 1.77. The molecule has 3 aromatic rings. The molecule has 0 unspecified atom stereocenters. The zero-order valence-corrected chi connectivity index (χ0v) is 15.2. The number of nitrogens with zero attached hydrogens (tertiary/aromatic N) is 2. The van der Waals surface area contributed by atoms with Gasteiger partial charge in [0.15, 0.2) is 5.82 Å². The number of hydrogen-bond acceptors (Lipinski definition) is 4. The number of halogens is 1. The molecule has 0 atom stereocenters. The maximum atomic E-state index is 13.4. The number of hydrogen-bond donors (Lipinski definition) is 2. The lowest BCUT2D eigenvalue weighted by Gasteiger charge is -2.10. The SMILES string of the molecule is CC(C)CNC(=O)c1cccc(Nc2ccnc(-c3cccc(F)c3)n2)c1. The number of rotatable bonds is 6. The van der Waals surface area contributed by atoms with E-state index in [0.29, 0.717) is 35.2 Å². The van der Waals surface area contributed by atoms with Gasteiger partial charge in [0.25, 0.3) is 5.91 Å². The molecule has 0 aliphatic carbocycles. The Bertz CT molecular complexity index is 943. The molecule has 138 valence electrons. The van der Waals surface area contributed by atoms with Crippen LogP contribution in [0.25, 0.3) is 11.4 Å². The summed E-state index contributed by atoms with van der Waals surface area (Å²) in [5, 5.41) is 6.06. The molecule has 1 heterocycles. The van der Waals surface area contributed by atoms with Crippen LogP contribution in [0.15, 0.2) is 60.8 Å². The lowest BCUT2D eigenvalue weighted by molar-refractivity contribution is 0.0949. The second kappa shape index (κ2) is 8.40. The minimum Gasteiger partial charge on any atom is -0.352 e. The fourth-order valence-corrected chi connectivity index (χ4v) is 2.48. The zero-order chi connectivity index (χ0) is 19.2. The first-order chi connectivity index (χ1) is 13.0. The molecule has 0 spiro atoms. The van der Waals surface area contributed by atoms with E-state index in [1.807, 2.05) is 19.9 Å². The van der Waals surface area contributed by atoms with Crippen molar-refractivity contribution in [3.05, 3.63) is 72.2 Å². The van der Waals surface area contributed by atoms with Gasteiger partial charge in [-0.15, -0.1) is 0 Å². The second-order valence-electron chi connectivity index (χ2n) is 6.59. The molecule has 5 nitrogen and oxygen atoms in total. The van der Waals surface area contributed by atoms with Gasteiger partial charge < -0.3 is 10.6 Å². The van der Waals surface area contributed by atoms with Gasteiger partial charge in [-0.2, -0.15) is 0 Å². The van der Waals surface area contributed by atoms with Gasteiger partial charge in [-0.05, 0) is 42.3 Å². The van der Waals surface area contributed by atoms with E-state index in [2.05, 4.69) is 20.6 Å². The first-order valence-corrected chi connectivity index (χ1v) is 8.75. The highest BCUT2D eigenvalue weighted by Crippen LogP contribution is 2.20. The normalized spacial score (nSPS) is 10.7. The molecule has 3 rings (SSSR count). The van der Waals surface area contributed by atoms with Gasteiger partial charge in [-0.1, -0.05) is 32.0 Å². The Hall–Kier alpha value is -3.28. The highest BCUT2D eigenvalue weighted by Gasteiger charge is 2.08. The molecule has 0 aliphatic heterocycles. The van der Waals surface area contributed by atoms with Crippen molar-refractivity contribution in [2.24, 2.45) is 5.92 Å². The van der Waals surface area contributed by atoms with Crippen LogP contribution >= 0.6 is 0 Å². The predicted molar refractivity (Wildman–Crippen MR) is 104 cm³/mol. The van der Waals surface area contributed by atoms with Crippen LogP contribution in [0.5, 0.6) is 0 Å². The summed E-state index contributed by atoms with van der Waals surface area (Å²) in [4.78, 5) is 20.8. The predicted octanol–water partition coefficient (Wildman–Crippen LogP) is 4.41. The topological polar surface area (TPSA) is 66.9 Å². The van der Waals surface area contributed by atoms with Gasteiger partial charge in [-0.25, -0.2) is 14.4 Å². The third-order valence-corrected chi connectivity index (χ3v) is 3.81. The third kappa shape index (κ3) is 5.10. The van der Waals surface area contributed by atoms with Crippen molar-refractivity contribution in [2.75, 3.05) is 11.9 Å². The van der Waals surface area contributed by atoms with E-state index in [9.17, 15) is 9.18 Å². The van der Waals surface area contributed by atoms with Gasteiger partial charge in [0.1, 0.15) is 11.6 Å². The summed E-state index contributed by atoms with van der Waals surface area (Å²) >= 11 is 0. The molecule has 2 aromatic carbocycles. The quantitative estimate of drug-likeness (QED) is 0.680. The number of aromatic nitrogens is 2. The van der Waals surface area contributed by atoms with E-state index < -0.39 is 0 Å². The molecule has 6 heteroatoms. The molecule has 0 bridgehead atoms. The number of carbonyl (C=O) groups excluding carboxylic acids is 1. The fourth-order valence-electron chi connectivity index (χ4n) is 2.48. The minimum absolute atomic E-state index is 0.115. The lowest BCUT2D eigenvalue weighted by Crippen LogP contribution is -2.27. The van der Waals surface area contributed by atoms with E-state index in [1.165, 1.54) is 12.1 Å². The van der Waals surface area contributed by atoms with E-state index in [-0.39, 0.29) is 11.7 Å². The molecular weight excluding hydrogens is 343 g/mol. The molecule has 2 N–H and O–H groups in total. The molecule has 0 aliphatic rings. The van der Waals surface area contributed by atoms with E-state index >= 15 is 0 Å². The Morgan fingerprint density at radius 1 is 1.11 bits per heavy atom. The Morgan fingerprint density at radius 2 is 1.93 bits per heavy atom. The number of carbonyl (C=O) groups is 1. The first kappa shape index (κ1) is 18.5. The molecule has 0 fully saturated rings. The van der Waals surface area contributed by atoms with E-state index in [4.69, 9.17) is 0 Å². The number of benzene rings is 2. The van der Waals surface area contributed by atoms with Crippen molar-refractivity contribution in [1.29, 1.82) is 0 Å². The third-order valence-electron chi connectivity index (χ3n) is 3.81. The van der Waals surface area contributed by atoms with Gasteiger partial charge >= 0.3 is 0 Å². The van der Waals surface area contributed by atoms with Gasteiger partial charge in [0, 0.05) is 29.6 Å². The van der Waals surface area contributed by atoms with Crippen LogP contribution in [0.1, 0.15) is 24.2 Å². The molecule has 1 aromatic heterocycles. The van der Waals surface area contributed by atoms with Crippen molar-refractivity contribution < 1.29 is 9.18 Å². The van der Waals surface area contributed by atoms with E-state index in [1.54, 1.807) is 42.6 Å². The summed E-state index contributed by atoms with van der Waals surface area (Å²) in [5.74, 6) is 0.914. The smallest absolute Gasteiger partial charge is 0.251 e.